The third kappa shape index (κ3) is 4.99. The average Bonchev–Trinajstić information content (AvgIpc) is 3.07. The Morgan fingerprint density at radius 1 is 1.29 bits per heavy atom. The van der Waals surface area contributed by atoms with Crippen LogP contribution in [0.25, 0.3) is 0 Å². The summed E-state index contributed by atoms with van der Waals surface area (Å²) in [5.41, 5.74) is 1.69. The fraction of sp³-hybridized carbons (Fsp3) is 0.471. The van der Waals surface area contributed by atoms with Crippen LogP contribution in [-0.4, -0.2) is 46.8 Å². The fourth-order valence-electron chi connectivity index (χ4n) is 2.77. The first-order valence-corrected chi connectivity index (χ1v) is 9.97. The second-order valence-electron chi connectivity index (χ2n) is 5.89. The topological polar surface area (TPSA) is 69.7 Å². The van der Waals surface area contributed by atoms with Crippen molar-refractivity contribution >= 4 is 27.3 Å². The Hall–Kier alpha value is -2.02. The summed E-state index contributed by atoms with van der Waals surface area (Å²) < 4.78 is 25.4. The van der Waals surface area contributed by atoms with Gasteiger partial charge in [-0.25, -0.2) is 8.42 Å². The molecule has 2 rings (SSSR count). The molecular formula is C17H25N3O3S. The summed E-state index contributed by atoms with van der Waals surface area (Å²) in [4.78, 5) is 14.0. The molecule has 1 heterocycles. The number of hydrogen-bond acceptors (Lipinski definition) is 4. The van der Waals surface area contributed by atoms with Gasteiger partial charge in [-0.05, 0) is 37.1 Å². The number of sulfonamides is 1. The van der Waals surface area contributed by atoms with Crippen LogP contribution in [0, 0.1) is 0 Å². The van der Waals surface area contributed by atoms with Crippen LogP contribution in [0.2, 0.25) is 0 Å². The van der Waals surface area contributed by atoms with Gasteiger partial charge in [0.2, 0.25) is 15.9 Å². The Labute approximate surface area is 144 Å². The molecule has 0 radical (unpaired) electrons. The molecular weight excluding hydrogens is 326 g/mol. The van der Waals surface area contributed by atoms with E-state index in [0.29, 0.717) is 12.2 Å². The van der Waals surface area contributed by atoms with E-state index in [1.807, 2.05) is 12.1 Å². The lowest BCUT2D eigenvalue weighted by Crippen LogP contribution is -2.34. The molecule has 0 saturated carbocycles. The van der Waals surface area contributed by atoms with E-state index in [4.69, 9.17) is 0 Å². The van der Waals surface area contributed by atoms with E-state index < -0.39 is 10.0 Å². The van der Waals surface area contributed by atoms with Gasteiger partial charge in [0.25, 0.3) is 0 Å². The number of anilines is 2. The van der Waals surface area contributed by atoms with Crippen LogP contribution in [0.1, 0.15) is 19.3 Å². The smallest absolute Gasteiger partial charge is 0.232 e. The lowest BCUT2D eigenvalue weighted by molar-refractivity contribution is -0.120. The van der Waals surface area contributed by atoms with E-state index in [0.717, 1.165) is 25.0 Å². The molecule has 0 spiro atoms. The van der Waals surface area contributed by atoms with Gasteiger partial charge in [-0.1, -0.05) is 6.08 Å². The molecule has 0 aliphatic carbocycles. The zero-order valence-corrected chi connectivity index (χ0v) is 14.9. The second kappa shape index (κ2) is 8.19. The molecule has 132 valence electrons. The molecule has 1 fully saturated rings. The van der Waals surface area contributed by atoms with E-state index >= 15 is 0 Å². The summed E-state index contributed by atoms with van der Waals surface area (Å²) in [5, 5.41) is 2.65. The van der Waals surface area contributed by atoms with Crippen molar-refractivity contribution in [3.8, 4) is 0 Å². The molecule has 0 aromatic heterocycles. The van der Waals surface area contributed by atoms with E-state index in [1.165, 1.54) is 17.1 Å². The summed E-state index contributed by atoms with van der Waals surface area (Å²) in [6.45, 7) is 6.10. The Morgan fingerprint density at radius 3 is 2.46 bits per heavy atom. The van der Waals surface area contributed by atoms with Gasteiger partial charge in [-0.3, -0.25) is 9.10 Å². The lowest BCUT2D eigenvalue weighted by atomic mass is 10.2. The highest BCUT2D eigenvalue weighted by Crippen LogP contribution is 2.25. The molecule has 1 N–H and O–H groups in total. The number of rotatable bonds is 8. The zero-order valence-electron chi connectivity index (χ0n) is 14.1. The molecule has 0 unspecified atom stereocenters. The van der Waals surface area contributed by atoms with Gasteiger partial charge in [0.05, 0.1) is 11.9 Å². The van der Waals surface area contributed by atoms with Crippen LogP contribution in [0.5, 0.6) is 0 Å². The highest BCUT2D eigenvalue weighted by molar-refractivity contribution is 7.92. The van der Waals surface area contributed by atoms with Crippen LogP contribution >= 0.6 is 0 Å². The standard InChI is InChI=1S/C17H25N3O3S/c1-3-11-18-17(21)10-14-20(24(2,22)23)16-8-6-15(7-9-16)19-12-4-5-13-19/h3,6-9H,1,4-5,10-14H2,2H3,(H,18,21). The van der Waals surface area contributed by atoms with Crippen LogP contribution < -0.4 is 14.5 Å². The maximum absolute atomic E-state index is 12.1. The number of carbonyl (C=O) groups is 1. The average molecular weight is 351 g/mol. The molecule has 1 aromatic rings. The van der Waals surface area contributed by atoms with Crippen molar-refractivity contribution in [3.05, 3.63) is 36.9 Å². The lowest BCUT2D eigenvalue weighted by Gasteiger charge is -2.24. The van der Waals surface area contributed by atoms with Gasteiger partial charge in [0, 0.05) is 38.3 Å². The van der Waals surface area contributed by atoms with Crippen molar-refractivity contribution in [2.75, 3.05) is 41.6 Å². The minimum Gasteiger partial charge on any atom is -0.372 e. The van der Waals surface area contributed by atoms with Gasteiger partial charge in [-0.15, -0.1) is 6.58 Å². The summed E-state index contributed by atoms with van der Waals surface area (Å²) in [7, 11) is -3.45. The predicted octanol–water partition coefficient (Wildman–Crippen LogP) is 1.75. The number of nitrogens with one attached hydrogen (secondary N) is 1. The quantitative estimate of drug-likeness (QED) is 0.725. The number of hydrogen-bond donors (Lipinski definition) is 1. The molecule has 0 atom stereocenters. The Kier molecular flexibility index (Phi) is 6.25. The summed E-state index contributed by atoms with van der Waals surface area (Å²) >= 11 is 0. The number of nitrogens with zero attached hydrogens (tertiary/aromatic N) is 2. The zero-order chi connectivity index (χ0) is 17.6. The Balaban J connectivity index is 2.07. The van der Waals surface area contributed by atoms with Crippen molar-refractivity contribution in [1.82, 2.24) is 5.32 Å². The third-order valence-electron chi connectivity index (χ3n) is 3.99. The molecule has 1 aliphatic rings. The molecule has 0 bridgehead atoms. The SMILES string of the molecule is C=CCNC(=O)CCN(c1ccc(N2CCCC2)cc1)S(C)(=O)=O. The van der Waals surface area contributed by atoms with Gasteiger partial charge in [-0.2, -0.15) is 0 Å². The summed E-state index contributed by atoms with van der Waals surface area (Å²) in [6, 6.07) is 7.49. The predicted molar refractivity (Wildman–Crippen MR) is 97.9 cm³/mol. The molecule has 1 saturated heterocycles. The largest absolute Gasteiger partial charge is 0.372 e. The van der Waals surface area contributed by atoms with Crippen molar-refractivity contribution in [2.24, 2.45) is 0 Å². The molecule has 1 amide bonds. The number of amides is 1. The maximum atomic E-state index is 12.1. The van der Waals surface area contributed by atoms with Crippen molar-refractivity contribution in [2.45, 2.75) is 19.3 Å². The van der Waals surface area contributed by atoms with Gasteiger partial charge < -0.3 is 10.2 Å². The van der Waals surface area contributed by atoms with E-state index in [-0.39, 0.29) is 18.9 Å². The van der Waals surface area contributed by atoms with Crippen molar-refractivity contribution in [3.63, 3.8) is 0 Å². The minimum absolute atomic E-state index is 0.106. The van der Waals surface area contributed by atoms with E-state index in [2.05, 4.69) is 16.8 Å². The van der Waals surface area contributed by atoms with E-state index in [1.54, 1.807) is 18.2 Å². The highest BCUT2D eigenvalue weighted by Gasteiger charge is 2.19. The monoisotopic (exact) mass is 351 g/mol. The first-order chi connectivity index (χ1) is 11.4. The first kappa shape index (κ1) is 18.3. The number of benzene rings is 1. The maximum Gasteiger partial charge on any atom is 0.232 e. The highest BCUT2D eigenvalue weighted by atomic mass is 32.2. The normalized spacial score (nSPS) is 14.5. The van der Waals surface area contributed by atoms with Crippen LogP contribution in [0.3, 0.4) is 0 Å². The summed E-state index contributed by atoms with van der Waals surface area (Å²) in [5.74, 6) is -0.197. The second-order valence-corrected chi connectivity index (χ2v) is 7.80. The minimum atomic E-state index is -3.45. The van der Waals surface area contributed by atoms with Crippen LogP contribution in [0.4, 0.5) is 11.4 Å². The van der Waals surface area contributed by atoms with Crippen molar-refractivity contribution in [1.29, 1.82) is 0 Å². The van der Waals surface area contributed by atoms with Gasteiger partial charge >= 0.3 is 0 Å². The van der Waals surface area contributed by atoms with Gasteiger partial charge in [0.15, 0.2) is 0 Å². The summed E-state index contributed by atoms with van der Waals surface area (Å²) in [6.07, 6.45) is 5.23. The Bertz CT molecular complexity index is 665. The van der Waals surface area contributed by atoms with Gasteiger partial charge in [0.1, 0.15) is 0 Å². The first-order valence-electron chi connectivity index (χ1n) is 8.12. The van der Waals surface area contributed by atoms with Crippen LogP contribution in [-0.2, 0) is 14.8 Å². The van der Waals surface area contributed by atoms with Crippen molar-refractivity contribution < 1.29 is 13.2 Å². The molecule has 6 nitrogen and oxygen atoms in total. The van der Waals surface area contributed by atoms with E-state index in [9.17, 15) is 13.2 Å². The molecule has 1 aromatic carbocycles. The molecule has 7 heteroatoms. The molecule has 24 heavy (non-hydrogen) atoms. The third-order valence-corrected chi connectivity index (χ3v) is 5.19. The fourth-order valence-corrected chi connectivity index (χ4v) is 3.70. The number of carbonyl (C=O) groups excluding carboxylic acids is 1. The molecule has 1 aliphatic heterocycles. The van der Waals surface area contributed by atoms with Crippen LogP contribution in [0.15, 0.2) is 36.9 Å². The Morgan fingerprint density at radius 2 is 1.92 bits per heavy atom.